The van der Waals surface area contributed by atoms with Crippen LogP contribution >= 0.6 is 0 Å². The van der Waals surface area contributed by atoms with Crippen LogP contribution in [0.4, 0.5) is 0 Å². The standard InChI is InChI=1S/C17H25N3/c1-2-5-16(6-3-1)7-4-10-19-11-13-20(14-12-19)17-8-9-18-15-17/h1-7,17-18H,8-15H2/b7-4+/t17-/m0/s1. The number of hydrogen-bond acceptors (Lipinski definition) is 3. The molecule has 1 atom stereocenters. The molecular formula is C17H25N3. The summed E-state index contributed by atoms with van der Waals surface area (Å²) < 4.78 is 0. The first kappa shape index (κ1) is 13.8. The lowest BCUT2D eigenvalue weighted by molar-refractivity contribution is 0.110. The van der Waals surface area contributed by atoms with Crippen molar-refractivity contribution in [3.8, 4) is 0 Å². The molecule has 0 radical (unpaired) electrons. The molecule has 0 aromatic heterocycles. The molecular weight excluding hydrogens is 246 g/mol. The number of piperazine rings is 1. The molecule has 108 valence electrons. The van der Waals surface area contributed by atoms with E-state index in [4.69, 9.17) is 0 Å². The third kappa shape index (κ3) is 3.69. The van der Waals surface area contributed by atoms with Gasteiger partial charge in [0.15, 0.2) is 0 Å². The van der Waals surface area contributed by atoms with Crippen molar-refractivity contribution in [2.45, 2.75) is 12.5 Å². The second-order valence-corrected chi connectivity index (χ2v) is 5.80. The highest BCUT2D eigenvalue weighted by Crippen LogP contribution is 2.12. The van der Waals surface area contributed by atoms with E-state index in [0.717, 1.165) is 12.6 Å². The van der Waals surface area contributed by atoms with Gasteiger partial charge in [-0.05, 0) is 18.5 Å². The summed E-state index contributed by atoms with van der Waals surface area (Å²) in [6.45, 7) is 8.33. The fourth-order valence-corrected chi connectivity index (χ4v) is 3.16. The van der Waals surface area contributed by atoms with Gasteiger partial charge < -0.3 is 5.32 Å². The first-order chi connectivity index (χ1) is 9.92. The summed E-state index contributed by atoms with van der Waals surface area (Å²) in [4.78, 5) is 5.22. The molecule has 20 heavy (non-hydrogen) atoms. The van der Waals surface area contributed by atoms with Gasteiger partial charge in [-0.2, -0.15) is 0 Å². The maximum Gasteiger partial charge on any atom is 0.0233 e. The van der Waals surface area contributed by atoms with Crippen molar-refractivity contribution in [3.63, 3.8) is 0 Å². The van der Waals surface area contributed by atoms with Crippen LogP contribution in [0, 0.1) is 0 Å². The summed E-state index contributed by atoms with van der Waals surface area (Å²) in [5.41, 5.74) is 1.29. The molecule has 2 heterocycles. The number of nitrogens with one attached hydrogen (secondary N) is 1. The summed E-state index contributed by atoms with van der Waals surface area (Å²) in [6.07, 6.45) is 5.85. The Balaban J connectivity index is 1.41. The predicted octanol–water partition coefficient (Wildman–Crippen LogP) is 1.68. The molecule has 0 amide bonds. The molecule has 2 aliphatic heterocycles. The average Bonchev–Trinajstić information content (AvgIpc) is 3.03. The van der Waals surface area contributed by atoms with E-state index in [1.807, 2.05) is 0 Å². The van der Waals surface area contributed by atoms with E-state index >= 15 is 0 Å². The third-order valence-electron chi connectivity index (χ3n) is 4.43. The number of nitrogens with zero attached hydrogens (tertiary/aromatic N) is 2. The van der Waals surface area contributed by atoms with Crippen molar-refractivity contribution >= 4 is 6.08 Å². The average molecular weight is 271 g/mol. The molecule has 1 N–H and O–H groups in total. The van der Waals surface area contributed by atoms with Gasteiger partial charge in [-0.3, -0.25) is 9.80 Å². The van der Waals surface area contributed by atoms with Gasteiger partial charge in [-0.15, -0.1) is 0 Å². The maximum atomic E-state index is 3.47. The van der Waals surface area contributed by atoms with Gasteiger partial charge in [0.1, 0.15) is 0 Å². The second-order valence-electron chi connectivity index (χ2n) is 5.80. The molecule has 3 nitrogen and oxygen atoms in total. The minimum absolute atomic E-state index is 0.789. The molecule has 1 aromatic rings. The molecule has 1 aromatic carbocycles. The van der Waals surface area contributed by atoms with Crippen molar-refractivity contribution in [1.29, 1.82) is 0 Å². The lowest BCUT2D eigenvalue weighted by Crippen LogP contribution is -2.50. The highest BCUT2D eigenvalue weighted by molar-refractivity contribution is 5.48. The highest BCUT2D eigenvalue weighted by atomic mass is 15.3. The quantitative estimate of drug-likeness (QED) is 0.899. The summed E-state index contributed by atoms with van der Waals surface area (Å²) >= 11 is 0. The Morgan fingerprint density at radius 1 is 1.10 bits per heavy atom. The molecule has 0 bridgehead atoms. The van der Waals surface area contributed by atoms with Gasteiger partial charge in [-0.1, -0.05) is 42.5 Å². The second kappa shape index (κ2) is 7.02. The van der Waals surface area contributed by atoms with Crippen LogP contribution in [0.2, 0.25) is 0 Å². The number of hydrogen-bond donors (Lipinski definition) is 1. The van der Waals surface area contributed by atoms with Crippen molar-refractivity contribution in [1.82, 2.24) is 15.1 Å². The van der Waals surface area contributed by atoms with Crippen molar-refractivity contribution in [2.24, 2.45) is 0 Å². The van der Waals surface area contributed by atoms with Crippen LogP contribution in [-0.4, -0.2) is 61.7 Å². The van der Waals surface area contributed by atoms with E-state index < -0.39 is 0 Å². The Hall–Kier alpha value is -1.16. The lowest BCUT2D eigenvalue weighted by atomic mass is 10.2. The maximum absolute atomic E-state index is 3.47. The van der Waals surface area contributed by atoms with Crippen LogP contribution in [0.3, 0.4) is 0 Å². The van der Waals surface area contributed by atoms with Gasteiger partial charge in [-0.25, -0.2) is 0 Å². The lowest BCUT2D eigenvalue weighted by Gasteiger charge is -2.37. The Morgan fingerprint density at radius 3 is 2.60 bits per heavy atom. The van der Waals surface area contributed by atoms with Crippen molar-refractivity contribution in [3.05, 3.63) is 42.0 Å². The molecule has 2 fully saturated rings. The van der Waals surface area contributed by atoms with Crippen molar-refractivity contribution in [2.75, 3.05) is 45.8 Å². The molecule has 3 heteroatoms. The minimum Gasteiger partial charge on any atom is -0.315 e. The van der Waals surface area contributed by atoms with Crippen molar-refractivity contribution < 1.29 is 0 Å². The van der Waals surface area contributed by atoms with E-state index in [0.29, 0.717) is 0 Å². The first-order valence-electron chi connectivity index (χ1n) is 7.80. The zero-order chi connectivity index (χ0) is 13.6. The van der Waals surface area contributed by atoms with E-state index in [1.54, 1.807) is 0 Å². The fraction of sp³-hybridized carbons (Fsp3) is 0.529. The zero-order valence-corrected chi connectivity index (χ0v) is 12.2. The molecule has 2 saturated heterocycles. The zero-order valence-electron chi connectivity index (χ0n) is 12.2. The Morgan fingerprint density at radius 2 is 1.90 bits per heavy atom. The summed E-state index contributed by atoms with van der Waals surface area (Å²) in [5.74, 6) is 0. The van der Waals surface area contributed by atoms with E-state index in [2.05, 4.69) is 57.6 Å². The predicted molar refractivity (Wildman–Crippen MR) is 84.8 cm³/mol. The normalized spacial score (nSPS) is 25.5. The van der Waals surface area contributed by atoms with Gasteiger partial charge in [0, 0.05) is 45.3 Å². The topological polar surface area (TPSA) is 18.5 Å². The van der Waals surface area contributed by atoms with Crippen LogP contribution in [0.25, 0.3) is 6.08 Å². The van der Waals surface area contributed by atoms with Crippen LogP contribution in [-0.2, 0) is 0 Å². The summed E-state index contributed by atoms with van der Waals surface area (Å²) in [6, 6.07) is 11.3. The molecule has 0 unspecified atom stereocenters. The Labute approximate surface area is 122 Å². The van der Waals surface area contributed by atoms with Crippen LogP contribution in [0.5, 0.6) is 0 Å². The molecule has 0 saturated carbocycles. The fourth-order valence-electron chi connectivity index (χ4n) is 3.16. The van der Waals surface area contributed by atoms with Gasteiger partial charge in [0.25, 0.3) is 0 Å². The minimum atomic E-state index is 0.789. The SMILES string of the molecule is C(=C\c1ccccc1)/CN1CCN([C@H]2CCNC2)CC1. The summed E-state index contributed by atoms with van der Waals surface area (Å²) in [7, 11) is 0. The molecule has 0 aliphatic carbocycles. The van der Waals surface area contributed by atoms with E-state index in [-0.39, 0.29) is 0 Å². The van der Waals surface area contributed by atoms with Gasteiger partial charge in [0.05, 0.1) is 0 Å². The first-order valence-corrected chi connectivity index (χ1v) is 7.80. The Kier molecular flexibility index (Phi) is 4.85. The van der Waals surface area contributed by atoms with E-state index in [9.17, 15) is 0 Å². The smallest absolute Gasteiger partial charge is 0.0233 e. The monoisotopic (exact) mass is 271 g/mol. The molecule has 2 aliphatic rings. The molecule has 0 spiro atoms. The van der Waals surface area contributed by atoms with Gasteiger partial charge >= 0.3 is 0 Å². The number of rotatable bonds is 4. The largest absolute Gasteiger partial charge is 0.315 e. The molecule has 3 rings (SSSR count). The number of benzene rings is 1. The van der Waals surface area contributed by atoms with Gasteiger partial charge in [0.2, 0.25) is 0 Å². The van der Waals surface area contributed by atoms with E-state index in [1.165, 1.54) is 51.3 Å². The van der Waals surface area contributed by atoms with Crippen LogP contribution in [0.15, 0.2) is 36.4 Å². The summed E-state index contributed by atoms with van der Waals surface area (Å²) in [5, 5.41) is 3.47. The van der Waals surface area contributed by atoms with Crippen LogP contribution < -0.4 is 5.32 Å². The van der Waals surface area contributed by atoms with Crippen LogP contribution in [0.1, 0.15) is 12.0 Å². The Bertz CT molecular complexity index is 415. The third-order valence-corrected chi connectivity index (χ3v) is 4.43. The highest BCUT2D eigenvalue weighted by Gasteiger charge is 2.25.